The summed E-state index contributed by atoms with van der Waals surface area (Å²) in [5.74, 6) is -7.10. The van der Waals surface area contributed by atoms with Gasteiger partial charge in [0.15, 0.2) is 5.82 Å². The number of hydrogen-bond acceptors (Lipinski definition) is 6. The predicted molar refractivity (Wildman–Crippen MR) is 140 cm³/mol. The molecule has 0 spiro atoms. The van der Waals surface area contributed by atoms with Crippen LogP contribution in [0.4, 0.5) is 27.8 Å². The van der Waals surface area contributed by atoms with E-state index in [-0.39, 0.29) is 17.9 Å². The number of hydrogen-bond donors (Lipinski definition) is 1. The highest BCUT2D eigenvalue weighted by atomic mass is 35.5. The number of halogens is 6. The molecule has 0 bridgehead atoms. The Labute approximate surface area is 241 Å². The zero-order valence-corrected chi connectivity index (χ0v) is 22.6. The Morgan fingerprint density at radius 1 is 1.14 bits per heavy atom. The summed E-state index contributed by atoms with van der Waals surface area (Å²) in [6, 6.07) is 6.65. The Morgan fingerprint density at radius 3 is 2.43 bits per heavy atom. The van der Waals surface area contributed by atoms with Crippen molar-refractivity contribution in [2.45, 2.75) is 30.7 Å². The van der Waals surface area contributed by atoms with Gasteiger partial charge in [0.1, 0.15) is 40.8 Å². The molecule has 1 unspecified atom stereocenters. The lowest BCUT2D eigenvalue weighted by atomic mass is 9.92. The zero-order chi connectivity index (χ0) is 30.2. The van der Waals surface area contributed by atoms with Crippen LogP contribution in [-0.4, -0.2) is 55.8 Å². The van der Waals surface area contributed by atoms with E-state index in [1.54, 1.807) is 0 Å². The van der Waals surface area contributed by atoms with E-state index in [0.29, 0.717) is 23.0 Å². The normalized spacial score (nSPS) is 20.6. The highest BCUT2D eigenvalue weighted by Crippen LogP contribution is 2.45. The van der Waals surface area contributed by atoms with Crippen LogP contribution < -0.4 is 19.7 Å². The quantitative estimate of drug-likeness (QED) is 0.373. The number of amides is 2. The van der Waals surface area contributed by atoms with Crippen molar-refractivity contribution < 1.29 is 45.8 Å². The summed E-state index contributed by atoms with van der Waals surface area (Å²) in [6.45, 7) is -0.255. The number of carbonyl (C=O) groups is 2. The topological polar surface area (TPSA) is 90.0 Å². The third-order valence-electron chi connectivity index (χ3n) is 6.98. The van der Waals surface area contributed by atoms with E-state index in [1.807, 2.05) is 0 Å². The Bertz CT molecular complexity index is 1480. The minimum Gasteiger partial charge on any atom is -0.497 e. The molecule has 0 radical (unpaired) electrons. The van der Waals surface area contributed by atoms with Gasteiger partial charge in [-0.05, 0) is 30.3 Å². The molecule has 3 aromatic rings. The summed E-state index contributed by atoms with van der Waals surface area (Å²) in [6.07, 6.45) is -4.30. The molecule has 2 fully saturated rings. The van der Waals surface area contributed by atoms with Crippen molar-refractivity contribution in [1.82, 2.24) is 10.3 Å². The van der Waals surface area contributed by atoms with Gasteiger partial charge in [0.25, 0.3) is 11.8 Å². The summed E-state index contributed by atoms with van der Waals surface area (Å²) in [5.41, 5.74) is -1.90. The molecule has 0 aliphatic carbocycles. The Morgan fingerprint density at radius 2 is 1.83 bits per heavy atom. The van der Waals surface area contributed by atoms with Gasteiger partial charge in [-0.2, -0.15) is 13.2 Å². The third kappa shape index (κ3) is 5.84. The maximum absolute atomic E-state index is 15.2. The first-order chi connectivity index (χ1) is 20.0. The number of methoxy groups -OCH3 is 1. The molecule has 14 heteroatoms. The van der Waals surface area contributed by atoms with E-state index in [2.05, 4.69) is 10.3 Å². The van der Waals surface area contributed by atoms with Gasteiger partial charge in [-0.1, -0.05) is 11.6 Å². The standard InChI is InChI=1S/C28H23ClF5N3O5/c1-40-17-10-19(30)22(20(31)11-17)18-12-37(27(39)24(18)36-26(38)14-2-4-15(29)5-3-14)25-23(28(32,33)34)21(6-8-35-25)42-16-7-9-41-13-16/h2-6,8,10-11,16,18,24H,7,9,12-13H2,1H3,(H,36,38)/t16?,18-,24-/m0/s1. The van der Waals surface area contributed by atoms with Gasteiger partial charge >= 0.3 is 6.18 Å². The van der Waals surface area contributed by atoms with Crippen LogP contribution in [0.25, 0.3) is 0 Å². The van der Waals surface area contributed by atoms with E-state index >= 15 is 8.78 Å². The zero-order valence-electron chi connectivity index (χ0n) is 21.9. The van der Waals surface area contributed by atoms with Crippen LogP contribution >= 0.6 is 11.6 Å². The van der Waals surface area contributed by atoms with Crippen molar-refractivity contribution in [3.8, 4) is 11.5 Å². The molecule has 1 N–H and O–H groups in total. The SMILES string of the molecule is COc1cc(F)c([C@@H]2CN(c3nccc(OC4CCOC4)c3C(F)(F)F)C(=O)[C@H]2NC(=O)c2ccc(Cl)cc2)c(F)c1. The number of alkyl halides is 3. The second-order valence-electron chi connectivity index (χ2n) is 9.63. The van der Waals surface area contributed by atoms with Crippen LogP contribution in [0.2, 0.25) is 5.02 Å². The molecule has 3 heterocycles. The molecular formula is C28H23ClF5N3O5. The van der Waals surface area contributed by atoms with Gasteiger partial charge in [0, 0.05) is 53.4 Å². The van der Waals surface area contributed by atoms with Crippen molar-refractivity contribution >= 4 is 29.2 Å². The van der Waals surface area contributed by atoms with Crippen LogP contribution in [-0.2, 0) is 15.7 Å². The van der Waals surface area contributed by atoms with E-state index in [9.17, 15) is 22.8 Å². The van der Waals surface area contributed by atoms with Crippen molar-refractivity contribution in [2.75, 3.05) is 31.8 Å². The highest BCUT2D eigenvalue weighted by molar-refractivity contribution is 6.30. The van der Waals surface area contributed by atoms with Crippen LogP contribution in [0.3, 0.4) is 0 Å². The molecular weight excluding hydrogens is 589 g/mol. The smallest absolute Gasteiger partial charge is 0.423 e. The van der Waals surface area contributed by atoms with Gasteiger partial charge < -0.3 is 19.5 Å². The Kier molecular flexibility index (Phi) is 8.24. The van der Waals surface area contributed by atoms with Crippen LogP contribution in [0.1, 0.15) is 33.8 Å². The summed E-state index contributed by atoms with van der Waals surface area (Å²) in [5, 5.41) is 2.76. The molecule has 42 heavy (non-hydrogen) atoms. The first-order valence-electron chi connectivity index (χ1n) is 12.7. The molecule has 3 atom stereocenters. The van der Waals surface area contributed by atoms with Crippen molar-refractivity contribution in [3.05, 3.63) is 82.0 Å². The number of carbonyl (C=O) groups excluding carboxylic acids is 2. The largest absolute Gasteiger partial charge is 0.497 e. The van der Waals surface area contributed by atoms with E-state index < -0.39 is 76.9 Å². The van der Waals surface area contributed by atoms with Gasteiger partial charge in [-0.3, -0.25) is 14.5 Å². The number of ether oxygens (including phenoxy) is 3. The third-order valence-corrected chi connectivity index (χ3v) is 7.23. The van der Waals surface area contributed by atoms with Gasteiger partial charge in [0.05, 0.1) is 20.3 Å². The molecule has 2 aromatic carbocycles. The lowest BCUT2D eigenvalue weighted by Gasteiger charge is -2.24. The molecule has 2 amide bonds. The van der Waals surface area contributed by atoms with E-state index in [0.717, 1.165) is 24.4 Å². The summed E-state index contributed by atoms with van der Waals surface area (Å²) in [7, 11) is 1.20. The van der Waals surface area contributed by atoms with Crippen LogP contribution in [0.15, 0.2) is 48.7 Å². The average molecular weight is 612 g/mol. The maximum Gasteiger partial charge on any atom is 0.423 e. The van der Waals surface area contributed by atoms with Crippen LogP contribution in [0.5, 0.6) is 11.5 Å². The summed E-state index contributed by atoms with van der Waals surface area (Å²) < 4.78 is 89.5. The Hall–Kier alpha value is -3.97. The molecule has 2 saturated heterocycles. The minimum absolute atomic E-state index is 0.0587. The number of anilines is 1. The van der Waals surface area contributed by atoms with Crippen molar-refractivity contribution in [2.24, 2.45) is 0 Å². The number of nitrogens with one attached hydrogen (secondary N) is 1. The predicted octanol–water partition coefficient (Wildman–Crippen LogP) is 5.14. The first-order valence-corrected chi connectivity index (χ1v) is 13.1. The molecule has 8 nitrogen and oxygen atoms in total. The molecule has 2 aliphatic rings. The number of nitrogens with zero attached hydrogens (tertiary/aromatic N) is 2. The van der Waals surface area contributed by atoms with E-state index in [4.69, 9.17) is 25.8 Å². The second-order valence-corrected chi connectivity index (χ2v) is 10.1. The van der Waals surface area contributed by atoms with Gasteiger partial charge in [0.2, 0.25) is 0 Å². The fourth-order valence-electron chi connectivity index (χ4n) is 4.99. The van der Waals surface area contributed by atoms with E-state index in [1.165, 1.54) is 31.4 Å². The minimum atomic E-state index is -5.03. The number of rotatable bonds is 7. The number of aromatic nitrogens is 1. The lowest BCUT2D eigenvalue weighted by Crippen LogP contribution is -2.44. The average Bonchev–Trinajstić information content (AvgIpc) is 3.56. The fraction of sp³-hybridized carbons (Fsp3) is 0.321. The number of benzene rings is 2. The molecule has 222 valence electrons. The number of pyridine rings is 1. The molecule has 2 aliphatic heterocycles. The highest BCUT2D eigenvalue weighted by Gasteiger charge is 2.49. The van der Waals surface area contributed by atoms with Gasteiger partial charge in [-0.15, -0.1) is 0 Å². The molecule has 0 saturated carbocycles. The second kappa shape index (κ2) is 11.7. The summed E-state index contributed by atoms with van der Waals surface area (Å²) in [4.78, 5) is 31.3. The van der Waals surface area contributed by atoms with Crippen molar-refractivity contribution in [1.29, 1.82) is 0 Å². The van der Waals surface area contributed by atoms with Gasteiger partial charge in [-0.25, -0.2) is 13.8 Å². The van der Waals surface area contributed by atoms with Crippen LogP contribution in [0, 0.1) is 11.6 Å². The lowest BCUT2D eigenvalue weighted by molar-refractivity contribution is -0.139. The summed E-state index contributed by atoms with van der Waals surface area (Å²) >= 11 is 5.88. The van der Waals surface area contributed by atoms with Crippen molar-refractivity contribution in [3.63, 3.8) is 0 Å². The molecule has 1 aromatic heterocycles. The Balaban J connectivity index is 1.58. The fourth-order valence-corrected chi connectivity index (χ4v) is 5.12. The maximum atomic E-state index is 15.2. The first kappa shape index (κ1) is 29.5. The monoisotopic (exact) mass is 611 g/mol. The molecule has 5 rings (SSSR count).